The van der Waals surface area contributed by atoms with Gasteiger partial charge in [-0.05, 0) is 13.0 Å². The van der Waals surface area contributed by atoms with Gasteiger partial charge in [0.25, 0.3) is 0 Å². The summed E-state index contributed by atoms with van der Waals surface area (Å²) < 4.78 is 11.3. The molecule has 1 amide bonds. The van der Waals surface area contributed by atoms with Gasteiger partial charge in [-0.3, -0.25) is 4.79 Å². The maximum absolute atomic E-state index is 12.0. The van der Waals surface area contributed by atoms with Crippen molar-refractivity contribution in [1.29, 1.82) is 0 Å². The van der Waals surface area contributed by atoms with Gasteiger partial charge in [-0.25, -0.2) is 0 Å². The number of benzene rings is 1. The van der Waals surface area contributed by atoms with E-state index in [1.54, 1.807) is 0 Å². The van der Waals surface area contributed by atoms with E-state index in [9.17, 15) is 4.79 Å². The molecular formula is C16H20N2O3. The summed E-state index contributed by atoms with van der Waals surface area (Å²) in [5, 5.41) is 7.22. The summed E-state index contributed by atoms with van der Waals surface area (Å²) in [7, 11) is 0. The Hall–Kier alpha value is -1.85. The van der Waals surface area contributed by atoms with E-state index in [-0.39, 0.29) is 12.0 Å². The number of nitrogens with one attached hydrogen (secondary N) is 2. The third-order valence-electron chi connectivity index (χ3n) is 3.81. The van der Waals surface area contributed by atoms with Gasteiger partial charge in [0, 0.05) is 24.0 Å². The maximum atomic E-state index is 12.0. The lowest BCUT2D eigenvalue weighted by Crippen LogP contribution is -2.41. The van der Waals surface area contributed by atoms with Crippen molar-refractivity contribution in [3.8, 4) is 0 Å². The molecule has 2 N–H and O–H groups in total. The second-order valence-electron chi connectivity index (χ2n) is 5.32. The van der Waals surface area contributed by atoms with Gasteiger partial charge in [0.05, 0.1) is 25.7 Å². The van der Waals surface area contributed by atoms with Crippen LogP contribution in [0.2, 0.25) is 0 Å². The second-order valence-corrected chi connectivity index (χ2v) is 5.32. The van der Waals surface area contributed by atoms with Crippen LogP contribution in [-0.2, 0) is 16.1 Å². The van der Waals surface area contributed by atoms with Crippen LogP contribution in [0.3, 0.4) is 0 Å². The van der Waals surface area contributed by atoms with Crippen molar-refractivity contribution in [2.45, 2.75) is 26.0 Å². The van der Waals surface area contributed by atoms with Gasteiger partial charge in [-0.15, -0.1) is 0 Å². The molecule has 0 radical (unpaired) electrons. The molecule has 0 spiro atoms. The minimum Gasteiger partial charge on any atom is -0.459 e. The van der Waals surface area contributed by atoms with E-state index in [1.807, 2.05) is 31.2 Å². The molecule has 0 bridgehead atoms. The van der Waals surface area contributed by atoms with Gasteiger partial charge in [0.15, 0.2) is 0 Å². The summed E-state index contributed by atoms with van der Waals surface area (Å²) in [5.74, 6) is 0.802. The number of fused-ring (bicyclic) bond motifs is 1. The van der Waals surface area contributed by atoms with Crippen molar-refractivity contribution in [2.24, 2.45) is 0 Å². The van der Waals surface area contributed by atoms with Crippen molar-refractivity contribution >= 4 is 16.9 Å². The first-order chi connectivity index (χ1) is 10.2. The van der Waals surface area contributed by atoms with Gasteiger partial charge in [0.1, 0.15) is 11.3 Å². The van der Waals surface area contributed by atoms with Gasteiger partial charge in [-0.1, -0.05) is 18.2 Å². The average Bonchev–Trinajstić information content (AvgIpc) is 2.83. The summed E-state index contributed by atoms with van der Waals surface area (Å²) in [6.45, 7) is 4.69. The van der Waals surface area contributed by atoms with Crippen LogP contribution in [-0.4, -0.2) is 31.7 Å². The SMILES string of the molecule is Cc1c(CNC(=O)C[C@@H]2CNCCO2)oc2ccccc12. The van der Waals surface area contributed by atoms with E-state index in [2.05, 4.69) is 10.6 Å². The Labute approximate surface area is 123 Å². The van der Waals surface area contributed by atoms with E-state index in [4.69, 9.17) is 9.15 Å². The van der Waals surface area contributed by atoms with Crippen LogP contribution in [0.15, 0.2) is 28.7 Å². The van der Waals surface area contributed by atoms with Gasteiger partial charge in [-0.2, -0.15) is 0 Å². The largest absolute Gasteiger partial charge is 0.459 e. The first-order valence-electron chi connectivity index (χ1n) is 7.30. The number of rotatable bonds is 4. The van der Waals surface area contributed by atoms with Crippen LogP contribution in [0.5, 0.6) is 0 Å². The molecule has 0 unspecified atom stereocenters. The maximum Gasteiger partial charge on any atom is 0.223 e. The van der Waals surface area contributed by atoms with E-state index >= 15 is 0 Å². The average molecular weight is 288 g/mol. The Morgan fingerprint density at radius 3 is 3.05 bits per heavy atom. The topological polar surface area (TPSA) is 63.5 Å². The van der Waals surface area contributed by atoms with Gasteiger partial charge >= 0.3 is 0 Å². The molecule has 2 heterocycles. The highest BCUT2D eigenvalue weighted by molar-refractivity contribution is 5.82. The lowest BCUT2D eigenvalue weighted by atomic mass is 10.1. The molecule has 5 nitrogen and oxygen atoms in total. The number of furan rings is 1. The highest BCUT2D eigenvalue weighted by Crippen LogP contribution is 2.24. The molecule has 21 heavy (non-hydrogen) atoms. The standard InChI is InChI=1S/C16H20N2O3/c1-11-13-4-2-3-5-14(13)21-15(11)10-18-16(19)8-12-9-17-6-7-20-12/h2-5,12,17H,6-10H2,1H3,(H,18,19)/t12-/m1/s1. The highest BCUT2D eigenvalue weighted by Gasteiger charge is 2.18. The van der Waals surface area contributed by atoms with Crippen molar-refractivity contribution in [2.75, 3.05) is 19.7 Å². The molecule has 1 aromatic carbocycles. The van der Waals surface area contributed by atoms with Crippen LogP contribution < -0.4 is 10.6 Å². The number of hydrogen-bond acceptors (Lipinski definition) is 4. The Bertz CT molecular complexity index is 629. The quantitative estimate of drug-likeness (QED) is 0.899. The van der Waals surface area contributed by atoms with Crippen LogP contribution in [0.1, 0.15) is 17.7 Å². The third kappa shape index (κ3) is 3.25. The van der Waals surface area contributed by atoms with E-state index in [0.717, 1.165) is 35.4 Å². The fourth-order valence-electron chi connectivity index (χ4n) is 2.60. The predicted octanol–water partition coefficient (Wildman–Crippen LogP) is 1.74. The summed E-state index contributed by atoms with van der Waals surface area (Å²) in [6.07, 6.45) is 0.349. The number of ether oxygens (including phenoxy) is 1. The van der Waals surface area contributed by atoms with E-state index in [1.165, 1.54) is 0 Å². The lowest BCUT2D eigenvalue weighted by molar-refractivity contribution is -0.124. The zero-order valence-electron chi connectivity index (χ0n) is 12.1. The van der Waals surface area contributed by atoms with Crippen LogP contribution in [0.25, 0.3) is 11.0 Å². The molecule has 2 aromatic rings. The van der Waals surface area contributed by atoms with Crippen LogP contribution in [0, 0.1) is 6.92 Å². The molecule has 1 aliphatic heterocycles. The summed E-state index contributed by atoms with van der Waals surface area (Å²) in [6, 6.07) is 7.90. The van der Waals surface area contributed by atoms with Crippen molar-refractivity contribution < 1.29 is 13.9 Å². The molecule has 1 aromatic heterocycles. The fraction of sp³-hybridized carbons (Fsp3) is 0.438. The van der Waals surface area contributed by atoms with E-state index in [0.29, 0.717) is 19.6 Å². The molecule has 1 fully saturated rings. The molecule has 3 rings (SSSR count). The molecule has 1 saturated heterocycles. The van der Waals surface area contributed by atoms with Crippen LogP contribution in [0.4, 0.5) is 0 Å². The number of amides is 1. The smallest absolute Gasteiger partial charge is 0.223 e. The van der Waals surface area contributed by atoms with Crippen LogP contribution >= 0.6 is 0 Å². The minimum absolute atomic E-state index is 0.0106. The predicted molar refractivity (Wildman–Crippen MR) is 80.0 cm³/mol. The zero-order chi connectivity index (χ0) is 14.7. The Morgan fingerprint density at radius 1 is 1.43 bits per heavy atom. The van der Waals surface area contributed by atoms with Crippen molar-refractivity contribution in [1.82, 2.24) is 10.6 Å². The zero-order valence-corrected chi connectivity index (χ0v) is 12.1. The van der Waals surface area contributed by atoms with Crippen molar-refractivity contribution in [3.05, 3.63) is 35.6 Å². The number of hydrogen-bond donors (Lipinski definition) is 2. The first kappa shape index (κ1) is 14.1. The Balaban J connectivity index is 1.58. The molecule has 112 valence electrons. The van der Waals surface area contributed by atoms with Crippen molar-refractivity contribution in [3.63, 3.8) is 0 Å². The van der Waals surface area contributed by atoms with Gasteiger partial charge in [0.2, 0.25) is 5.91 Å². The van der Waals surface area contributed by atoms with Gasteiger partial charge < -0.3 is 19.8 Å². The van der Waals surface area contributed by atoms with E-state index < -0.39 is 0 Å². The molecule has 5 heteroatoms. The fourth-order valence-corrected chi connectivity index (χ4v) is 2.60. The monoisotopic (exact) mass is 288 g/mol. The molecule has 1 atom stereocenters. The summed E-state index contributed by atoms with van der Waals surface area (Å²) in [4.78, 5) is 12.0. The first-order valence-corrected chi connectivity index (χ1v) is 7.30. The highest BCUT2D eigenvalue weighted by atomic mass is 16.5. The normalized spacial score (nSPS) is 18.8. The Kier molecular flexibility index (Phi) is 4.22. The lowest BCUT2D eigenvalue weighted by Gasteiger charge is -2.22. The second kappa shape index (κ2) is 6.28. The number of aryl methyl sites for hydroxylation is 1. The number of morpholine rings is 1. The number of para-hydroxylation sites is 1. The summed E-state index contributed by atoms with van der Waals surface area (Å²) >= 11 is 0. The minimum atomic E-state index is -0.0319. The molecule has 0 saturated carbocycles. The third-order valence-corrected chi connectivity index (χ3v) is 3.81. The number of carbonyl (C=O) groups excluding carboxylic acids is 1. The number of carbonyl (C=O) groups is 1. The molecule has 0 aliphatic carbocycles. The Morgan fingerprint density at radius 2 is 2.29 bits per heavy atom. The molecule has 1 aliphatic rings. The summed E-state index contributed by atoms with van der Waals surface area (Å²) in [5.41, 5.74) is 1.94. The molecular weight excluding hydrogens is 268 g/mol.